The van der Waals surface area contributed by atoms with Gasteiger partial charge in [-0.05, 0) is 5.56 Å². The van der Waals surface area contributed by atoms with Crippen molar-refractivity contribution in [1.82, 2.24) is 10.2 Å². The predicted octanol–water partition coefficient (Wildman–Crippen LogP) is 1.15. The lowest BCUT2D eigenvalue weighted by molar-refractivity contribution is -0.144. The predicted molar refractivity (Wildman–Crippen MR) is 75.7 cm³/mol. The molecular weight excluding hydrogens is 240 g/mol. The summed E-state index contributed by atoms with van der Waals surface area (Å²) in [5.74, 6) is -0.184. The third kappa shape index (κ3) is 4.19. The van der Waals surface area contributed by atoms with Crippen LogP contribution in [0.5, 0.6) is 0 Å². The molecule has 2 rings (SSSR count). The zero-order valence-corrected chi connectivity index (χ0v) is 11.2. The van der Waals surface area contributed by atoms with E-state index in [0.29, 0.717) is 6.54 Å². The van der Waals surface area contributed by atoms with E-state index < -0.39 is 0 Å². The number of nitrogens with one attached hydrogen (secondary N) is 1. The van der Waals surface area contributed by atoms with Gasteiger partial charge in [0.2, 0.25) is 0 Å². The first-order valence-electron chi connectivity index (χ1n) is 6.55. The summed E-state index contributed by atoms with van der Waals surface area (Å²) in [4.78, 5) is 13.7. The van der Waals surface area contributed by atoms with E-state index in [1.807, 2.05) is 18.2 Å². The smallest absolute Gasteiger partial charge is 0.324 e. The number of methoxy groups -OCH3 is 1. The number of ether oxygens (including phenoxy) is 1. The van der Waals surface area contributed by atoms with Crippen molar-refractivity contribution in [3.05, 3.63) is 42.0 Å². The highest BCUT2D eigenvalue weighted by Gasteiger charge is 2.24. The topological polar surface area (TPSA) is 41.6 Å². The number of piperazine rings is 1. The minimum Gasteiger partial charge on any atom is -0.468 e. The molecule has 1 atom stereocenters. The lowest BCUT2D eigenvalue weighted by Gasteiger charge is -2.31. The molecule has 1 aliphatic heterocycles. The van der Waals surface area contributed by atoms with Crippen LogP contribution in [-0.2, 0) is 9.53 Å². The highest BCUT2D eigenvalue weighted by molar-refractivity contribution is 5.76. The molecule has 19 heavy (non-hydrogen) atoms. The second kappa shape index (κ2) is 7.07. The number of benzene rings is 1. The van der Waals surface area contributed by atoms with Crippen molar-refractivity contribution in [2.75, 3.05) is 33.3 Å². The molecule has 0 spiro atoms. The lowest BCUT2D eigenvalue weighted by atomic mass is 10.2. The van der Waals surface area contributed by atoms with Crippen LogP contribution in [0, 0.1) is 0 Å². The Bertz CT molecular complexity index is 431. The number of nitrogens with zero attached hydrogens (tertiary/aromatic N) is 1. The zero-order chi connectivity index (χ0) is 13.5. The quantitative estimate of drug-likeness (QED) is 0.825. The van der Waals surface area contributed by atoms with Crippen molar-refractivity contribution < 1.29 is 9.53 Å². The Morgan fingerprint density at radius 1 is 1.47 bits per heavy atom. The van der Waals surface area contributed by atoms with E-state index in [9.17, 15) is 4.79 Å². The number of hydrogen-bond donors (Lipinski definition) is 1. The van der Waals surface area contributed by atoms with Crippen molar-refractivity contribution in [2.45, 2.75) is 6.04 Å². The van der Waals surface area contributed by atoms with Crippen LogP contribution in [0.3, 0.4) is 0 Å². The zero-order valence-electron chi connectivity index (χ0n) is 11.2. The molecule has 102 valence electrons. The van der Waals surface area contributed by atoms with Gasteiger partial charge < -0.3 is 10.1 Å². The van der Waals surface area contributed by atoms with Gasteiger partial charge in [-0.2, -0.15) is 0 Å². The van der Waals surface area contributed by atoms with Gasteiger partial charge in [-0.1, -0.05) is 42.5 Å². The van der Waals surface area contributed by atoms with E-state index in [4.69, 9.17) is 4.74 Å². The van der Waals surface area contributed by atoms with Crippen LogP contribution >= 0.6 is 0 Å². The molecule has 4 heteroatoms. The van der Waals surface area contributed by atoms with Crippen LogP contribution in [0.25, 0.3) is 6.08 Å². The molecule has 1 saturated heterocycles. The Kier molecular flexibility index (Phi) is 5.12. The van der Waals surface area contributed by atoms with Gasteiger partial charge in [0.1, 0.15) is 6.04 Å². The molecule has 0 radical (unpaired) electrons. The third-order valence-corrected chi connectivity index (χ3v) is 3.22. The van der Waals surface area contributed by atoms with Gasteiger partial charge in [-0.25, -0.2) is 0 Å². The number of hydrogen-bond acceptors (Lipinski definition) is 4. The lowest BCUT2D eigenvalue weighted by Crippen LogP contribution is -2.54. The van der Waals surface area contributed by atoms with Crippen LogP contribution in [-0.4, -0.2) is 50.2 Å². The summed E-state index contributed by atoms with van der Waals surface area (Å²) in [5, 5.41) is 3.17. The van der Waals surface area contributed by atoms with Gasteiger partial charge in [-0.3, -0.25) is 9.69 Å². The van der Waals surface area contributed by atoms with Gasteiger partial charge >= 0.3 is 5.97 Å². The maximum Gasteiger partial charge on any atom is 0.324 e. The van der Waals surface area contributed by atoms with Gasteiger partial charge in [0, 0.05) is 26.2 Å². The number of rotatable bonds is 4. The number of carbonyl (C=O) groups excluding carboxylic acids is 1. The fourth-order valence-corrected chi connectivity index (χ4v) is 2.18. The maximum atomic E-state index is 11.5. The van der Waals surface area contributed by atoms with Crippen molar-refractivity contribution >= 4 is 12.0 Å². The van der Waals surface area contributed by atoms with Crippen LogP contribution < -0.4 is 5.32 Å². The molecule has 0 saturated carbocycles. The van der Waals surface area contributed by atoms with E-state index in [-0.39, 0.29) is 12.0 Å². The van der Waals surface area contributed by atoms with E-state index in [2.05, 4.69) is 34.5 Å². The van der Waals surface area contributed by atoms with Gasteiger partial charge in [0.25, 0.3) is 0 Å². The monoisotopic (exact) mass is 260 g/mol. The first-order chi connectivity index (χ1) is 9.29. The highest BCUT2D eigenvalue weighted by Crippen LogP contribution is 2.04. The first-order valence-corrected chi connectivity index (χ1v) is 6.55. The molecule has 0 aromatic heterocycles. The minimum absolute atomic E-state index is 0.184. The maximum absolute atomic E-state index is 11.5. The molecule has 1 N–H and O–H groups in total. The van der Waals surface area contributed by atoms with E-state index in [0.717, 1.165) is 19.6 Å². The number of esters is 1. The average Bonchev–Trinajstić information content (AvgIpc) is 2.48. The Labute approximate surface area is 114 Å². The van der Waals surface area contributed by atoms with Crippen LogP contribution in [0.2, 0.25) is 0 Å². The summed E-state index contributed by atoms with van der Waals surface area (Å²) in [5.41, 5.74) is 1.20. The fraction of sp³-hybridized carbons (Fsp3) is 0.400. The third-order valence-electron chi connectivity index (χ3n) is 3.22. The van der Waals surface area contributed by atoms with Gasteiger partial charge in [-0.15, -0.1) is 0 Å². The summed E-state index contributed by atoms with van der Waals surface area (Å²) in [6, 6.07) is 10.0. The molecule has 1 heterocycles. The molecule has 1 aromatic rings. The van der Waals surface area contributed by atoms with Crippen molar-refractivity contribution in [3.63, 3.8) is 0 Å². The highest BCUT2D eigenvalue weighted by atomic mass is 16.5. The summed E-state index contributed by atoms with van der Waals surface area (Å²) >= 11 is 0. The minimum atomic E-state index is -0.205. The molecule has 1 aliphatic rings. The van der Waals surface area contributed by atoms with E-state index >= 15 is 0 Å². The van der Waals surface area contributed by atoms with Crippen molar-refractivity contribution in [1.29, 1.82) is 0 Å². The van der Waals surface area contributed by atoms with E-state index in [1.165, 1.54) is 12.7 Å². The molecule has 1 aromatic carbocycles. The van der Waals surface area contributed by atoms with E-state index in [1.54, 1.807) is 0 Å². The summed E-state index contributed by atoms with van der Waals surface area (Å²) in [7, 11) is 1.43. The average molecular weight is 260 g/mol. The Balaban J connectivity index is 1.83. The van der Waals surface area contributed by atoms with Gasteiger partial charge in [0.05, 0.1) is 7.11 Å². The molecule has 0 unspecified atom stereocenters. The Hall–Kier alpha value is -1.65. The Morgan fingerprint density at radius 3 is 3.00 bits per heavy atom. The first kappa shape index (κ1) is 13.8. The largest absolute Gasteiger partial charge is 0.468 e. The van der Waals surface area contributed by atoms with Crippen LogP contribution in [0.4, 0.5) is 0 Å². The van der Waals surface area contributed by atoms with Crippen molar-refractivity contribution in [3.8, 4) is 0 Å². The van der Waals surface area contributed by atoms with Crippen LogP contribution in [0.1, 0.15) is 5.56 Å². The standard InChI is InChI=1S/C15H20N2O2/c1-19-15(18)14-12-17(11-9-16-14)10-5-8-13-6-3-2-4-7-13/h2-8,14,16H,9-12H2,1H3/b8-5+/t14-/m0/s1. The van der Waals surface area contributed by atoms with Crippen LogP contribution in [0.15, 0.2) is 36.4 Å². The Morgan fingerprint density at radius 2 is 2.26 bits per heavy atom. The summed E-state index contributed by atoms with van der Waals surface area (Å²) < 4.78 is 4.77. The molecule has 1 fully saturated rings. The second-order valence-corrected chi connectivity index (χ2v) is 4.60. The molecule has 0 bridgehead atoms. The molecule has 0 amide bonds. The summed E-state index contributed by atoms with van der Waals surface area (Å²) in [6.07, 6.45) is 4.24. The SMILES string of the molecule is COC(=O)[C@@H]1CN(C/C=C/c2ccccc2)CCN1. The fourth-order valence-electron chi connectivity index (χ4n) is 2.18. The summed E-state index contributed by atoms with van der Waals surface area (Å²) in [6.45, 7) is 3.32. The molecule has 4 nitrogen and oxygen atoms in total. The number of carbonyl (C=O) groups is 1. The van der Waals surface area contributed by atoms with Crippen molar-refractivity contribution in [2.24, 2.45) is 0 Å². The normalized spacial score (nSPS) is 20.6. The second-order valence-electron chi connectivity index (χ2n) is 4.60. The molecule has 0 aliphatic carbocycles. The van der Waals surface area contributed by atoms with Gasteiger partial charge in [0.15, 0.2) is 0 Å². The molecular formula is C15H20N2O2.